The number of rotatable bonds is 4. The Balaban J connectivity index is 2.00. The van der Waals surface area contributed by atoms with E-state index in [0.29, 0.717) is 5.92 Å². The SMILES string of the molecule is CN1CCN(CC(CN)c2ccccc2)CC1(C)C. The third-order valence-electron chi connectivity index (χ3n) is 4.43. The molecule has 0 aromatic heterocycles. The fourth-order valence-corrected chi connectivity index (χ4v) is 2.85. The van der Waals surface area contributed by atoms with Crippen LogP contribution in [0.3, 0.4) is 0 Å². The minimum absolute atomic E-state index is 0.258. The van der Waals surface area contributed by atoms with Gasteiger partial charge in [0.05, 0.1) is 0 Å². The van der Waals surface area contributed by atoms with Crippen LogP contribution in [0.25, 0.3) is 0 Å². The summed E-state index contributed by atoms with van der Waals surface area (Å²) in [5.74, 6) is 0.445. The van der Waals surface area contributed by atoms with Gasteiger partial charge < -0.3 is 5.73 Å². The van der Waals surface area contributed by atoms with Gasteiger partial charge in [0, 0.05) is 44.2 Å². The fourth-order valence-electron chi connectivity index (χ4n) is 2.85. The molecule has 3 heteroatoms. The van der Waals surface area contributed by atoms with Gasteiger partial charge in [-0.05, 0) is 26.5 Å². The van der Waals surface area contributed by atoms with E-state index in [1.165, 1.54) is 5.56 Å². The Morgan fingerprint density at radius 2 is 1.89 bits per heavy atom. The molecule has 1 aliphatic rings. The minimum atomic E-state index is 0.258. The van der Waals surface area contributed by atoms with Crippen LogP contribution in [0.2, 0.25) is 0 Å². The second kappa shape index (κ2) is 6.04. The monoisotopic (exact) mass is 261 g/mol. The van der Waals surface area contributed by atoms with Gasteiger partial charge in [-0.25, -0.2) is 0 Å². The fraction of sp³-hybridized carbons (Fsp3) is 0.625. The molecule has 0 aliphatic carbocycles. The Kier molecular flexibility index (Phi) is 4.61. The van der Waals surface area contributed by atoms with Gasteiger partial charge in [-0.2, -0.15) is 0 Å². The van der Waals surface area contributed by atoms with Crippen molar-refractivity contribution >= 4 is 0 Å². The van der Waals surface area contributed by atoms with Crippen molar-refractivity contribution < 1.29 is 0 Å². The zero-order valence-electron chi connectivity index (χ0n) is 12.5. The first-order valence-electron chi connectivity index (χ1n) is 7.21. The molecule has 1 fully saturated rings. The van der Waals surface area contributed by atoms with E-state index < -0.39 is 0 Å². The highest BCUT2D eigenvalue weighted by Crippen LogP contribution is 2.22. The third kappa shape index (κ3) is 3.56. The van der Waals surface area contributed by atoms with E-state index in [0.717, 1.165) is 32.7 Å². The zero-order valence-corrected chi connectivity index (χ0v) is 12.5. The molecule has 1 aromatic carbocycles. The average Bonchev–Trinajstić information content (AvgIpc) is 2.41. The normalized spacial score (nSPS) is 22.3. The van der Waals surface area contributed by atoms with Crippen molar-refractivity contribution in [1.82, 2.24) is 9.80 Å². The van der Waals surface area contributed by atoms with Crippen LogP contribution in [-0.2, 0) is 0 Å². The van der Waals surface area contributed by atoms with Crippen molar-refractivity contribution in [3.63, 3.8) is 0 Å². The quantitative estimate of drug-likeness (QED) is 0.896. The summed E-state index contributed by atoms with van der Waals surface area (Å²) in [5, 5.41) is 0. The topological polar surface area (TPSA) is 32.5 Å². The number of hydrogen-bond acceptors (Lipinski definition) is 3. The van der Waals surface area contributed by atoms with E-state index in [-0.39, 0.29) is 5.54 Å². The van der Waals surface area contributed by atoms with Gasteiger partial charge in [-0.15, -0.1) is 0 Å². The number of likely N-dealkylation sites (N-methyl/N-ethyl adjacent to an activating group) is 1. The average molecular weight is 261 g/mol. The Bertz CT molecular complexity index is 388. The Labute approximate surface area is 117 Å². The van der Waals surface area contributed by atoms with Crippen molar-refractivity contribution in [1.29, 1.82) is 0 Å². The zero-order chi connectivity index (χ0) is 13.9. The molecule has 19 heavy (non-hydrogen) atoms. The smallest absolute Gasteiger partial charge is 0.0277 e. The second-order valence-electron chi connectivity index (χ2n) is 6.31. The van der Waals surface area contributed by atoms with Gasteiger partial charge in [0.2, 0.25) is 0 Å². The Morgan fingerprint density at radius 1 is 1.21 bits per heavy atom. The molecule has 0 spiro atoms. The first-order valence-corrected chi connectivity index (χ1v) is 7.21. The molecule has 1 aliphatic heterocycles. The standard InChI is InChI=1S/C16H27N3/c1-16(2)13-19(10-9-18(16)3)12-15(11-17)14-7-5-4-6-8-14/h4-8,15H,9-13,17H2,1-3H3. The molecule has 0 amide bonds. The molecule has 2 N–H and O–H groups in total. The van der Waals surface area contributed by atoms with Crippen LogP contribution in [0.15, 0.2) is 30.3 Å². The summed E-state index contributed by atoms with van der Waals surface area (Å²) in [4.78, 5) is 5.01. The molecule has 0 radical (unpaired) electrons. The van der Waals surface area contributed by atoms with Crippen LogP contribution in [-0.4, -0.2) is 55.1 Å². The van der Waals surface area contributed by atoms with Crippen molar-refractivity contribution in [3.05, 3.63) is 35.9 Å². The number of hydrogen-bond donors (Lipinski definition) is 1. The molecular weight excluding hydrogens is 234 g/mol. The lowest BCUT2D eigenvalue weighted by atomic mass is 9.95. The van der Waals surface area contributed by atoms with Crippen LogP contribution < -0.4 is 5.73 Å². The summed E-state index contributed by atoms with van der Waals surface area (Å²) in [5.41, 5.74) is 7.60. The second-order valence-corrected chi connectivity index (χ2v) is 6.31. The van der Waals surface area contributed by atoms with Gasteiger partial charge in [0.1, 0.15) is 0 Å². The molecule has 1 aromatic rings. The molecule has 0 bridgehead atoms. The van der Waals surface area contributed by atoms with Crippen molar-refractivity contribution in [3.8, 4) is 0 Å². The van der Waals surface area contributed by atoms with Crippen molar-refractivity contribution in [2.45, 2.75) is 25.3 Å². The molecule has 3 nitrogen and oxygen atoms in total. The van der Waals surface area contributed by atoms with Gasteiger partial charge >= 0.3 is 0 Å². The van der Waals surface area contributed by atoms with E-state index in [1.807, 2.05) is 0 Å². The lowest BCUT2D eigenvalue weighted by Gasteiger charge is -2.46. The highest BCUT2D eigenvalue weighted by atomic mass is 15.3. The maximum atomic E-state index is 5.98. The number of piperazine rings is 1. The van der Waals surface area contributed by atoms with Crippen LogP contribution in [0.1, 0.15) is 25.3 Å². The molecule has 2 rings (SSSR count). The number of nitrogens with zero attached hydrogens (tertiary/aromatic N) is 2. The van der Waals surface area contributed by atoms with Crippen molar-refractivity contribution in [2.75, 3.05) is 39.8 Å². The van der Waals surface area contributed by atoms with Crippen LogP contribution >= 0.6 is 0 Å². The summed E-state index contributed by atoms with van der Waals surface area (Å²) < 4.78 is 0. The predicted molar refractivity (Wildman–Crippen MR) is 81.4 cm³/mol. The van der Waals surface area contributed by atoms with Gasteiger partial charge in [-0.1, -0.05) is 30.3 Å². The summed E-state index contributed by atoms with van der Waals surface area (Å²) in [6.07, 6.45) is 0. The van der Waals surface area contributed by atoms with E-state index in [1.54, 1.807) is 0 Å². The maximum Gasteiger partial charge on any atom is 0.0277 e. The maximum absolute atomic E-state index is 5.98. The van der Waals surface area contributed by atoms with Crippen LogP contribution in [0.5, 0.6) is 0 Å². The minimum Gasteiger partial charge on any atom is -0.330 e. The predicted octanol–water partition coefficient (Wildman–Crippen LogP) is 1.75. The first kappa shape index (κ1) is 14.5. The van der Waals surface area contributed by atoms with Gasteiger partial charge in [-0.3, -0.25) is 9.80 Å². The molecule has 1 heterocycles. The van der Waals surface area contributed by atoms with E-state index in [4.69, 9.17) is 5.73 Å². The lowest BCUT2D eigenvalue weighted by molar-refractivity contribution is 0.0373. The van der Waals surface area contributed by atoms with Crippen molar-refractivity contribution in [2.24, 2.45) is 5.73 Å². The molecular formula is C16H27N3. The molecule has 106 valence electrons. The van der Waals surface area contributed by atoms with Gasteiger partial charge in [0.25, 0.3) is 0 Å². The third-order valence-corrected chi connectivity index (χ3v) is 4.43. The highest BCUT2D eigenvalue weighted by Gasteiger charge is 2.31. The lowest BCUT2D eigenvalue weighted by Crippen LogP contribution is -2.58. The van der Waals surface area contributed by atoms with Gasteiger partial charge in [0.15, 0.2) is 0 Å². The number of nitrogens with two attached hydrogens (primary N) is 1. The summed E-state index contributed by atoms with van der Waals surface area (Å²) >= 11 is 0. The summed E-state index contributed by atoms with van der Waals surface area (Å²) in [7, 11) is 2.22. The first-order chi connectivity index (χ1) is 9.03. The molecule has 0 saturated carbocycles. The summed E-state index contributed by atoms with van der Waals surface area (Å²) in [6, 6.07) is 10.7. The Morgan fingerprint density at radius 3 is 2.47 bits per heavy atom. The van der Waals surface area contributed by atoms with E-state index in [2.05, 4.69) is 61.0 Å². The highest BCUT2D eigenvalue weighted by molar-refractivity contribution is 5.20. The molecule has 1 unspecified atom stereocenters. The number of benzene rings is 1. The van der Waals surface area contributed by atoms with E-state index in [9.17, 15) is 0 Å². The largest absolute Gasteiger partial charge is 0.330 e. The molecule has 1 atom stereocenters. The Hall–Kier alpha value is -0.900. The molecule has 1 saturated heterocycles. The van der Waals surface area contributed by atoms with E-state index >= 15 is 0 Å². The van der Waals surface area contributed by atoms with Crippen LogP contribution in [0.4, 0.5) is 0 Å². The summed E-state index contributed by atoms with van der Waals surface area (Å²) in [6.45, 7) is 9.82. The van der Waals surface area contributed by atoms with Crippen LogP contribution in [0, 0.1) is 0 Å².